The number of hydrogen-bond donors (Lipinski definition) is 3. The van der Waals surface area contributed by atoms with Crippen molar-refractivity contribution in [2.45, 2.75) is 87.9 Å². The third-order valence-corrected chi connectivity index (χ3v) is 8.82. The maximum atomic E-state index is 15.1. The molecule has 0 radical (unpaired) electrons. The van der Waals surface area contributed by atoms with Crippen molar-refractivity contribution in [2.24, 2.45) is 17.8 Å². The van der Waals surface area contributed by atoms with Gasteiger partial charge in [0.25, 0.3) is 5.92 Å². The third-order valence-electron chi connectivity index (χ3n) is 8.58. The molecule has 3 aliphatic heterocycles. The molecule has 2 aliphatic carbocycles. The van der Waals surface area contributed by atoms with Crippen LogP contribution in [-0.4, -0.2) is 59.3 Å². The fraction of sp³-hybridized carbons (Fsp3) is 0.643. The summed E-state index contributed by atoms with van der Waals surface area (Å²) in [4.78, 5) is 41.3. The molecule has 5 aliphatic rings. The van der Waals surface area contributed by atoms with Gasteiger partial charge in [-0.2, -0.15) is 5.26 Å². The molecule has 1 aromatic carbocycles. The highest BCUT2D eigenvalue weighted by molar-refractivity contribution is 6.30. The maximum Gasteiger partial charge on any atom is 0.255 e. The molecule has 2 bridgehead atoms. The van der Waals surface area contributed by atoms with Gasteiger partial charge in [-0.05, 0) is 62.6 Å². The average molecular weight is 562 g/mol. The second-order valence-corrected chi connectivity index (χ2v) is 11.9. The number of nitrogens with one attached hydrogen (secondary N) is 3. The fourth-order valence-electron chi connectivity index (χ4n) is 6.44. The summed E-state index contributed by atoms with van der Waals surface area (Å²) in [6.07, 6.45) is 4.01. The minimum Gasteiger partial charge on any atom is -0.374 e. The number of carbonyl (C=O) groups is 3. The van der Waals surface area contributed by atoms with E-state index in [1.807, 2.05) is 6.07 Å². The number of anilines is 1. The predicted molar refractivity (Wildman–Crippen MR) is 141 cm³/mol. The largest absolute Gasteiger partial charge is 0.374 e. The van der Waals surface area contributed by atoms with Crippen molar-refractivity contribution < 1.29 is 23.2 Å². The van der Waals surface area contributed by atoms with E-state index < -0.39 is 54.3 Å². The van der Waals surface area contributed by atoms with Crippen LogP contribution in [0.1, 0.15) is 57.8 Å². The zero-order valence-corrected chi connectivity index (χ0v) is 22.4. The molecular formula is C28H34ClF2N5O3. The number of alkyl halides is 2. The molecule has 6 rings (SSSR count). The molecule has 5 fully saturated rings. The first-order chi connectivity index (χ1) is 18.7. The van der Waals surface area contributed by atoms with E-state index in [0.717, 1.165) is 19.3 Å². The zero-order valence-electron chi connectivity index (χ0n) is 21.7. The quantitative estimate of drug-likeness (QED) is 0.424. The Bertz CT molecular complexity index is 1160. The molecule has 2 saturated carbocycles. The summed E-state index contributed by atoms with van der Waals surface area (Å²) in [5.41, 5.74) is 0.644. The molecule has 8 nitrogen and oxygen atoms in total. The van der Waals surface area contributed by atoms with Crippen LogP contribution in [0.25, 0.3) is 0 Å². The van der Waals surface area contributed by atoms with Gasteiger partial charge in [0.1, 0.15) is 18.1 Å². The number of fused-ring (bicyclic) bond motifs is 3. The summed E-state index contributed by atoms with van der Waals surface area (Å²) in [6, 6.07) is 5.10. The van der Waals surface area contributed by atoms with Crippen LogP contribution >= 0.6 is 11.6 Å². The van der Waals surface area contributed by atoms with E-state index in [0.29, 0.717) is 42.4 Å². The molecule has 6 atom stereocenters. The Labute approximate surface area is 231 Å². The van der Waals surface area contributed by atoms with Crippen LogP contribution in [0.5, 0.6) is 0 Å². The molecule has 3 amide bonds. The summed E-state index contributed by atoms with van der Waals surface area (Å²) in [6.45, 7) is 0.571. The van der Waals surface area contributed by atoms with Crippen LogP contribution in [0.15, 0.2) is 24.3 Å². The Morgan fingerprint density at radius 1 is 1.21 bits per heavy atom. The first-order valence-corrected chi connectivity index (χ1v) is 14.2. The van der Waals surface area contributed by atoms with Crippen molar-refractivity contribution in [2.75, 3.05) is 11.9 Å². The van der Waals surface area contributed by atoms with Crippen LogP contribution in [0.4, 0.5) is 14.5 Å². The summed E-state index contributed by atoms with van der Waals surface area (Å²) >= 11 is 6.14. The number of amides is 3. The third kappa shape index (κ3) is 6.13. The molecule has 0 spiro atoms. The molecule has 11 heteroatoms. The van der Waals surface area contributed by atoms with Crippen molar-refractivity contribution in [1.82, 2.24) is 15.5 Å². The van der Waals surface area contributed by atoms with Gasteiger partial charge in [-0.3, -0.25) is 14.4 Å². The van der Waals surface area contributed by atoms with Gasteiger partial charge < -0.3 is 20.9 Å². The van der Waals surface area contributed by atoms with Crippen LogP contribution in [-0.2, 0) is 14.4 Å². The van der Waals surface area contributed by atoms with E-state index in [2.05, 4.69) is 16.0 Å². The lowest BCUT2D eigenvalue weighted by molar-refractivity contribution is -0.194. The Morgan fingerprint density at radius 2 is 2.00 bits per heavy atom. The van der Waals surface area contributed by atoms with Gasteiger partial charge in [-0.15, -0.1) is 0 Å². The number of hydrogen-bond acceptors (Lipinski definition) is 5. The van der Waals surface area contributed by atoms with Gasteiger partial charge in [-0.1, -0.05) is 30.5 Å². The van der Waals surface area contributed by atoms with Crippen LogP contribution in [0.2, 0.25) is 5.02 Å². The van der Waals surface area contributed by atoms with E-state index in [-0.39, 0.29) is 24.7 Å². The van der Waals surface area contributed by atoms with Crippen LogP contribution < -0.4 is 16.0 Å². The predicted octanol–water partition coefficient (Wildman–Crippen LogP) is 3.86. The lowest BCUT2D eigenvalue weighted by Crippen LogP contribution is -2.70. The van der Waals surface area contributed by atoms with Crippen molar-refractivity contribution >= 4 is 35.0 Å². The summed E-state index contributed by atoms with van der Waals surface area (Å²) in [7, 11) is 0. The molecule has 1 aromatic rings. The number of nitriles is 1. The minimum absolute atomic E-state index is 0.0971. The van der Waals surface area contributed by atoms with E-state index in [1.165, 1.54) is 4.90 Å². The topological polar surface area (TPSA) is 114 Å². The van der Waals surface area contributed by atoms with E-state index >= 15 is 8.78 Å². The van der Waals surface area contributed by atoms with Crippen LogP contribution in [0, 0.1) is 29.1 Å². The Morgan fingerprint density at radius 3 is 2.67 bits per heavy atom. The summed E-state index contributed by atoms with van der Waals surface area (Å²) < 4.78 is 30.3. The minimum atomic E-state index is -3.10. The second kappa shape index (κ2) is 11.3. The second-order valence-electron chi connectivity index (χ2n) is 11.4. The first kappa shape index (κ1) is 27.6. The highest BCUT2D eigenvalue weighted by Crippen LogP contribution is 2.49. The van der Waals surface area contributed by atoms with Gasteiger partial charge in [0.05, 0.1) is 12.0 Å². The number of nitrogens with zero attached hydrogens (tertiary/aromatic N) is 2. The SMILES string of the molecule is N#C[C@H](C[C@H]1CCCNC1=O)NC(=O)[C@H]1[C@H]2CC[C@H](CC2(F)F)N1C(=O)[C@@H](CC1CC1)Nc1cccc(Cl)c1. The molecule has 0 aromatic heterocycles. The van der Waals surface area contributed by atoms with Gasteiger partial charge >= 0.3 is 0 Å². The zero-order chi connectivity index (χ0) is 27.7. The van der Waals surface area contributed by atoms with E-state index in [9.17, 15) is 19.6 Å². The van der Waals surface area contributed by atoms with Gasteiger partial charge in [0.2, 0.25) is 17.7 Å². The summed E-state index contributed by atoms with van der Waals surface area (Å²) in [5.74, 6) is -5.83. The highest BCUT2D eigenvalue weighted by atomic mass is 35.5. The number of halogens is 3. The molecule has 39 heavy (non-hydrogen) atoms. The molecule has 3 N–H and O–H groups in total. The lowest BCUT2D eigenvalue weighted by atomic mass is 9.71. The fourth-order valence-corrected chi connectivity index (χ4v) is 6.63. The summed E-state index contributed by atoms with van der Waals surface area (Å²) in [5, 5.41) is 18.9. The molecule has 210 valence electrons. The lowest BCUT2D eigenvalue weighted by Gasteiger charge is -2.54. The van der Waals surface area contributed by atoms with Crippen molar-refractivity contribution in [3.05, 3.63) is 29.3 Å². The Hall–Kier alpha value is -2.93. The smallest absolute Gasteiger partial charge is 0.255 e. The van der Waals surface area contributed by atoms with Crippen LogP contribution in [0.3, 0.4) is 0 Å². The number of benzene rings is 1. The standard InChI is InChI=1S/C28H34ClF2N5O3/c29-18-4-1-5-19(13-18)34-23(11-16-6-7-16)27(39)36-21-8-9-22(28(30,31)14-21)24(36)26(38)35-20(15-32)12-17-3-2-10-33-25(17)37/h1,4-5,13,16-17,20-24,34H,2-3,6-12,14H2,(H,33,37)(H,35,38)/t17-,20+,21-,22-,23-,24-/m1/s1. The van der Waals surface area contributed by atoms with Gasteiger partial charge in [0, 0.05) is 35.6 Å². The molecule has 3 heterocycles. The number of carbonyl (C=O) groups excluding carboxylic acids is 3. The molecular weight excluding hydrogens is 528 g/mol. The highest BCUT2D eigenvalue weighted by Gasteiger charge is 2.61. The molecule has 0 unspecified atom stereocenters. The van der Waals surface area contributed by atoms with Gasteiger partial charge in [0.15, 0.2) is 0 Å². The van der Waals surface area contributed by atoms with Crippen molar-refractivity contribution in [3.63, 3.8) is 0 Å². The van der Waals surface area contributed by atoms with Crippen molar-refractivity contribution in [1.29, 1.82) is 5.26 Å². The van der Waals surface area contributed by atoms with E-state index in [1.54, 1.807) is 24.3 Å². The normalized spacial score (nSPS) is 29.1. The Kier molecular flexibility index (Phi) is 7.99. The first-order valence-electron chi connectivity index (χ1n) is 13.9. The Balaban J connectivity index is 1.38. The number of rotatable bonds is 9. The van der Waals surface area contributed by atoms with Crippen molar-refractivity contribution in [3.8, 4) is 6.07 Å². The maximum absolute atomic E-state index is 15.1. The molecule has 3 saturated heterocycles. The number of piperidine rings is 3. The van der Waals surface area contributed by atoms with E-state index in [4.69, 9.17) is 11.6 Å². The van der Waals surface area contributed by atoms with Gasteiger partial charge in [-0.25, -0.2) is 8.78 Å². The average Bonchev–Trinajstić information content (AvgIpc) is 3.72. The monoisotopic (exact) mass is 561 g/mol.